The van der Waals surface area contributed by atoms with Crippen LogP contribution in [0.5, 0.6) is 0 Å². The number of aromatic nitrogens is 2. The van der Waals surface area contributed by atoms with Gasteiger partial charge in [0.1, 0.15) is 0 Å². The summed E-state index contributed by atoms with van der Waals surface area (Å²) in [6.07, 6.45) is -2.42. The number of carboxylic acids is 1. The fraction of sp³-hybridized carbons (Fsp3) is 0.125. The molecule has 0 bridgehead atoms. The smallest absolute Gasteiger partial charge is 0.475 e. The molecule has 0 unspecified atom stereocenters. The highest BCUT2D eigenvalue weighted by Gasteiger charge is 2.38. The lowest BCUT2D eigenvalue weighted by atomic mass is 10.0. The van der Waals surface area contributed by atoms with Gasteiger partial charge in [-0.2, -0.15) is 13.2 Å². The summed E-state index contributed by atoms with van der Waals surface area (Å²) >= 11 is 0. The Morgan fingerprint density at radius 3 is 2.45 bits per heavy atom. The van der Waals surface area contributed by atoms with Crippen LogP contribution in [-0.2, 0) is 11.2 Å². The Morgan fingerprint density at radius 1 is 1.00 bits per heavy atom. The number of carboxylic acid groups (broad SMARTS) is 1. The van der Waals surface area contributed by atoms with Gasteiger partial charge >= 0.3 is 12.1 Å². The number of hydrogen-bond donors (Lipinski definition) is 3. The van der Waals surface area contributed by atoms with Crippen molar-refractivity contribution in [2.24, 2.45) is 0 Å². The van der Waals surface area contributed by atoms with E-state index in [0.717, 1.165) is 40.2 Å². The van der Waals surface area contributed by atoms with E-state index < -0.39 is 12.1 Å². The standard InChI is InChI=1S/C22H17N3O.C2HF3O2/c26-22-18-13-20(25-19(18)9-11-24-22)15-8-10-23-21(12-15)17-7-3-5-14-4-1-2-6-16(14)17;3-2(4,5)1(6)7/h1-8,10,12-13,25H,9,11H2,(H,24,26);(H,6,7). The third-order valence-corrected chi connectivity index (χ3v) is 5.18. The quantitative estimate of drug-likeness (QED) is 0.406. The summed E-state index contributed by atoms with van der Waals surface area (Å²) in [5.74, 6) is -2.76. The predicted octanol–water partition coefficient (Wildman–Crippen LogP) is 4.82. The number of amides is 1. The van der Waals surface area contributed by atoms with Crippen molar-refractivity contribution in [1.29, 1.82) is 0 Å². The summed E-state index contributed by atoms with van der Waals surface area (Å²) in [5.41, 5.74) is 5.78. The van der Waals surface area contributed by atoms with Gasteiger partial charge in [-0.25, -0.2) is 4.79 Å². The van der Waals surface area contributed by atoms with Crippen molar-refractivity contribution >= 4 is 22.6 Å². The molecule has 168 valence electrons. The van der Waals surface area contributed by atoms with Crippen molar-refractivity contribution in [3.05, 3.63) is 78.1 Å². The zero-order chi connectivity index (χ0) is 23.6. The van der Waals surface area contributed by atoms with Gasteiger partial charge in [-0.15, -0.1) is 0 Å². The molecule has 0 saturated heterocycles. The van der Waals surface area contributed by atoms with Crippen LogP contribution in [0.25, 0.3) is 33.3 Å². The fourth-order valence-electron chi connectivity index (χ4n) is 3.64. The van der Waals surface area contributed by atoms with Crippen molar-refractivity contribution in [2.45, 2.75) is 12.6 Å². The Balaban J connectivity index is 0.000000325. The lowest BCUT2D eigenvalue weighted by Gasteiger charge is -2.11. The van der Waals surface area contributed by atoms with Crippen LogP contribution in [0.3, 0.4) is 0 Å². The largest absolute Gasteiger partial charge is 0.490 e. The topological polar surface area (TPSA) is 95.1 Å². The minimum atomic E-state index is -5.08. The predicted molar refractivity (Wildman–Crippen MR) is 117 cm³/mol. The SMILES string of the molecule is O=C(O)C(F)(F)F.O=C1NCCc2[nH]c(-c3ccnc(-c4cccc5ccccc45)c3)cc21. The van der Waals surface area contributed by atoms with Crippen molar-refractivity contribution in [2.75, 3.05) is 6.54 Å². The molecule has 0 spiro atoms. The molecule has 3 heterocycles. The number of nitrogens with one attached hydrogen (secondary N) is 2. The second-order valence-corrected chi connectivity index (χ2v) is 7.34. The third-order valence-electron chi connectivity index (χ3n) is 5.18. The van der Waals surface area contributed by atoms with Crippen LogP contribution in [0.15, 0.2) is 66.9 Å². The maximum absolute atomic E-state index is 12.0. The molecule has 33 heavy (non-hydrogen) atoms. The van der Waals surface area contributed by atoms with Gasteiger partial charge in [-0.3, -0.25) is 9.78 Å². The van der Waals surface area contributed by atoms with E-state index in [1.165, 1.54) is 10.8 Å². The molecule has 5 rings (SSSR count). The van der Waals surface area contributed by atoms with E-state index in [4.69, 9.17) is 9.90 Å². The van der Waals surface area contributed by atoms with E-state index in [-0.39, 0.29) is 5.91 Å². The molecule has 0 radical (unpaired) electrons. The van der Waals surface area contributed by atoms with Crippen LogP contribution in [0, 0.1) is 0 Å². The van der Waals surface area contributed by atoms with E-state index in [1.807, 2.05) is 30.5 Å². The zero-order valence-electron chi connectivity index (χ0n) is 17.1. The van der Waals surface area contributed by atoms with Gasteiger partial charge < -0.3 is 15.4 Å². The number of alkyl halides is 3. The third kappa shape index (κ3) is 4.72. The van der Waals surface area contributed by atoms with E-state index >= 15 is 0 Å². The number of carbonyl (C=O) groups excluding carboxylic acids is 1. The first kappa shape index (κ1) is 22.1. The van der Waals surface area contributed by atoms with Gasteiger partial charge in [0.05, 0.1) is 11.3 Å². The molecule has 0 aliphatic carbocycles. The van der Waals surface area contributed by atoms with Crippen molar-refractivity contribution in [3.63, 3.8) is 0 Å². The first-order valence-electron chi connectivity index (χ1n) is 9.99. The van der Waals surface area contributed by atoms with E-state index in [2.05, 4.69) is 51.7 Å². The number of aromatic amines is 1. The van der Waals surface area contributed by atoms with Crippen LogP contribution in [-0.4, -0.2) is 39.7 Å². The Hall–Kier alpha value is -4.14. The number of benzene rings is 2. The van der Waals surface area contributed by atoms with Crippen molar-refractivity contribution in [3.8, 4) is 22.5 Å². The summed E-state index contributed by atoms with van der Waals surface area (Å²) in [7, 11) is 0. The highest BCUT2D eigenvalue weighted by Crippen LogP contribution is 2.30. The molecule has 0 saturated carbocycles. The van der Waals surface area contributed by atoms with E-state index in [0.29, 0.717) is 6.54 Å². The molecule has 3 N–H and O–H groups in total. The first-order valence-corrected chi connectivity index (χ1v) is 9.99. The number of pyridine rings is 1. The average molecular weight is 453 g/mol. The molecule has 1 amide bonds. The number of rotatable bonds is 2. The summed E-state index contributed by atoms with van der Waals surface area (Å²) in [4.78, 5) is 28.9. The Bertz CT molecular complexity index is 1340. The van der Waals surface area contributed by atoms with Crippen LogP contribution in [0.4, 0.5) is 13.2 Å². The molecular weight excluding hydrogens is 435 g/mol. The van der Waals surface area contributed by atoms with Gasteiger partial charge in [0.15, 0.2) is 0 Å². The highest BCUT2D eigenvalue weighted by molar-refractivity contribution is 5.98. The number of fused-ring (bicyclic) bond motifs is 2. The Labute approximate surface area is 186 Å². The zero-order valence-corrected chi connectivity index (χ0v) is 17.1. The number of aliphatic carboxylic acids is 1. The van der Waals surface area contributed by atoms with Gasteiger partial charge in [0, 0.05) is 41.7 Å². The molecule has 0 fully saturated rings. The lowest BCUT2D eigenvalue weighted by molar-refractivity contribution is -0.192. The Kier molecular flexibility index (Phi) is 5.87. The van der Waals surface area contributed by atoms with E-state index in [1.54, 1.807) is 0 Å². The summed E-state index contributed by atoms with van der Waals surface area (Å²) in [6, 6.07) is 20.6. The number of carbonyl (C=O) groups is 2. The minimum Gasteiger partial charge on any atom is -0.475 e. The average Bonchev–Trinajstić information content (AvgIpc) is 3.24. The summed E-state index contributed by atoms with van der Waals surface area (Å²) < 4.78 is 31.7. The molecular formula is C24H18F3N3O3. The number of nitrogens with zero attached hydrogens (tertiary/aromatic N) is 1. The summed E-state index contributed by atoms with van der Waals surface area (Å²) in [6.45, 7) is 0.684. The molecule has 2 aromatic heterocycles. The lowest BCUT2D eigenvalue weighted by Crippen LogP contribution is -2.31. The monoisotopic (exact) mass is 453 g/mol. The fourth-order valence-corrected chi connectivity index (χ4v) is 3.64. The number of H-pyrrole nitrogens is 1. The van der Waals surface area contributed by atoms with Crippen LogP contribution >= 0.6 is 0 Å². The maximum Gasteiger partial charge on any atom is 0.490 e. The highest BCUT2D eigenvalue weighted by atomic mass is 19.4. The molecule has 9 heteroatoms. The maximum atomic E-state index is 12.0. The molecule has 0 atom stereocenters. The van der Waals surface area contributed by atoms with Crippen molar-refractivity contribution in [1.82, 2.24) is 15.3 Å². The van der Waals surface area contributed by atoms with Gasteiger partial charge in [-0.05, 0) is 29.0 Å². The van der Waals surface area contributed by atoms with Crippen molar-refractivity contribution < 1.29 is 27.9 Å². The molecule has 6 nitrogen and oxygen atoms in total. The van der Waals surface area contributed by atoms with Gasteiger partial charge in [-0.1, -0.05) is 42.5 Å². The van der Waals surface area contributed by atoms with Gasteiger partial charge in [0.2, 0.25) is 0 Å². The normalized spacial score (nSPS) is 13.0. The van der Waals surface area contributed by atoms with Crippen LogP contribution in [0.2, 0.25) is 0 Å². The second-order valence-electron chi connectivity index (χ2n) is 7.34. The number of halogens is 3. The van der Waals surface area contributed by atoms with E-state index in [9.17, 15) is 18.0 Å². The first-order chi connectivity index (χ1) is 15.7. The summed E-state index contributed by atoms with van der Waals surface area (Å²) in [5, 5.41) is 12.4. The Morgan fingerprint density at radius 2 is 1.73 bits per heavy atom. The molecule has 2 aromatic carbocycles. The molecule has 1 aliphatic heterocycles. The second kappa shape index (κ2) is 8.78. The van der Waals surface area contributed by atoms with Crippen LogP contribution in [0.1, 0.15) is 16.1 Å². The molecule has 1 aliphatic rings. The molecule has 4 aromatic rings. The number of hydrogen-bond acceptors (Lipinski definition) is 3. The minimum absolute atomic E-state index is 0.00270. The van der Waals surface area contributed by atoms with Crippen LogP contribution < -0.4 is 5.32 Å². The van der Waals surface area contributed by atoms with Gasteiger partial charge in [0.25, 0.3) is 5.91 Å².